The van der Waals surface area contributed by atoms with Crippen LogP contribution in [0.4, 0.5) is 0 Å². The van der Waals surface area contributed by atoms with Crippen LogP contribution in [0.5, 0.6) is 0 Å². The van der Waals surface area contributed by atoms with Gasteiger partial charge in [0, 0.05) is 38.2 Å². The van der Waals surface area contributed by atoms with Crippen LogP contribution >= 0.6 is 0 Å². The Kier molecular flexibility index (Phi) is 5.81. The molecule has 0 amide bonds. The summed E-state index contributed by atoms with van der Waals surface area (Å²) >= 11 is 0. The van der Waals surface area contributed by atoms with Crippen molar-refractivity contribution in [1.82, 2.24) is 15.0 Å². The Morgan fingerprint density at radius 2 is 0.938 bits per heavy atom. The number of nitrogens with zero attached hydrogens (tertiary/aromatic N) is 3. The van der Waals surface area contributed by atoms with Crippen molar-refractivity contribution in [3.05, 3.63) is 152 Å². The van der Waals surface area contributed by atoms with E-state index in [0.717, 1.165) is 71.7 Å². The van der Waals surface area contributed by atoms with Gasteiger partial charge in [0.05, 0.1) is 0 Å². The molecule has 10 rings (SSSR count). The average molecular weight is 616 g/mol. The fourth-order valence-corrected chi connectivity index (χ4v) is 6.87. The molecule has 0 aliphatic heterocycles. The van der Waals surface area contributed by atoms with E-state index in [2.05, 4.69) is 78.9 Å². The first-order valence-corrected chi connectivity index (χ1v) is 15.9. The van der Waals surface area contributed by atoms with Crippen LogP contribution in [0.2, 0.25) is 0 Å². The van der Waals surface area contributed by atoms with Crippen molar-refractivity contribution >= 4 is 54.6 Å². The monoisotopic (exact) mass is 615 g/mol. The number of hydrogen-bond donors (Lipinski definition) is 0. The topological polar surface area (TPSA) is 65.0 Å². The first kappa shape index (κ1) is 26.6. The fourth-order valence-electron chi connectivity index (χ4n) is 6.87. The van der Waals surface area contributed by atoms with Gasteiger partial charge in [-0.3, -0.25) is 0 Å². The lowest BCUT2D eigenvalue weighted by Crippen LogP contribution is -2.00. The number of benzene rings is 7. The second-order valence-corrected chi connectivity index (χ2v) is 12.0. The molecule has 0 saturated carbocycles. The maximum Gasteiger partial charge on any atom is 0.164 e. The third kappa shape index (κ3) is 4.22. The van der Waals surface area contributed by atoms with Gasteiger partial charge < -0.3 is 8.83 Å². The molecule has 0 spiro atoms. The SMILES string of the molecule is c1ccc(-c2nc(-c3cc(-c4ccc5ccccc5c4)c4c(c3)oc3ccccc34)nc(-c3cccc4oc5ccccc5c34)n2)cc1. The molecule has 0 bridgehead atoms. The zero-order valence-electron chi connectivity index (χ0n) is 25.6. The van der Waals surface area contributed by atoms with E-state index in [0.29, 0.717) is 17.5 Å². The highest BCUT2D eigenvalue weighted by Gasteiger charge is 2.20. The van der Waals surface area contributed by atoms with Crippen LogP contribution in [0.1, 0.15) is 0 Å². The van der Waals surface area contributed by atoms with Crippen molar-refractivity contribution in [2.45, 2.75) is 0 Å². The van der Waals surface area contributed by atoms with Crippen molar-refractivity contribution in [2.75, 3.05) is 0 Å². The first-order chi connectivity index (χ1) is 23.8. The van der Waals surface area contributed by atoms with Crippen molar-refractivity contribution in [2.24, 2.45) is 0 Å². The lowest BCUT2D eigenvalue weighted by molar-refractivity contribution is 0.668. The molecule has 0 aliphatic rings. The summed E-state index contributed by atoms with van der Waals surface area (Å²) in [5, 5.41) is 6.51. The smallest absolute Gasteiger partial charge is 0.164 e. The molecule has 48 heavy (non-hydrogen) atoms. The van der Waals surface area contributed by atoms with E-state index in [9.17, 15) is 0 Å². The normalized spacial score (nSPS) is 11.8. The predicted octanol–water partition coefficient (Wildman–Crippen LogP) is 11.5. The Balaban J connectivity index is 1.26. The predicted molar refractivity (Wildman–Crippen MR) is 194 cm³/mol. The van der Waals surface area contributed by atoms with Crippen molar-refractivity contribution in [3.8, 4) is 45.3 Å². The molecule has 7 aromatic carbocycles. The zero-order chi connectivity index (χ0) is 31.6. The number of furan rings is 2. The summed E-state index contributed by atoms with van der Waals surface area (Å²) in [6.45, 7) is 0. The van der Waals surface area contributed by atoms with Gasteiger partial charge in [-0.1, -0.05) is 115 Å². The second kappa shape index (κ2) is 10.5. The Morgan fingerprint density at radius 3 is 1.73 bits per heavy atom. The summed E-state index contributed by atoms with van der Waals surface area (Å²) in [5.41, 5.74) is 8.03. The van der Waals surface area contributed by atoms with E-state index in [1.165, 1.54) is 10.8 Å². The van der Waals surface area contributed by atoms with Gasteiger partial charge in [-0.25, -0.2) is 15.0 Å². The molecule has 0 atom stereocenters. The summed E-state index contributed by atoms with van der Waals surface area (Å²) in [6, 6.07) is 51.7. The van der Waals surface area contributed by atoms with Gasteiger partial charge in [-0.05, 0) is 58.3 Å². The lowest BCUT2D eigenvalue weighted by Gasteiger charge is -2.12. The third-order valence-electron chi connectivity index (χ3n) is 9.11. The van der Waals surface area contributed by atoms with E-state index in [-0.39, 0.29) is 0 Å². The van der Waals surface area contributed by atoms with Crippen molar-refractivity contribution in [1.29, 1.82) is 0 Å². The second-order valence-electron chi connectivity index (χ2n) is 12.0. The van der Waals surface area contributed by atoms with Crippen LogP contribution in [0.15, 0.2) is 160 Å². The first-order valence-electron chi connectivity index (χ1n) is 15.9. The molecular formula is C43H25N3O2. The molecular weight excluding hydrogens is 590 g/mol. The highest BCUT2D eigenvalue weighted by atomic mass is 16.3. The summed E-state index contributed by atoms with van der Waals surface area (Å²) in [4.78, 5) is 15.3. The molecule has 5 heteroatoms. The fraction of sp³-hybridized carbons (Fsp3) is 0. The lowest BCUT2D eigenvalue weighted by atomic mass is 9.95. The van der Waals surface area contributed by atoms with E-state index < -0.39 is 0 Å². The highest BCUT2D eigenvalue weighted by molar-refractivity contribution is 6.14. The molecule has 5 nitrogen and oxygen atoms in total. The van der Waals surface area contributed by atoms with E-state index in [1.807, 2.05) is 72.8 Å². The maximum absolute atomic E-state index is 6.51. The molecule has 10 aromatic rings. The largest absolute Gasteiger partial charge is 0.456 e. The van der Waals surface area contributed by atoms with E-state index in [4.69, 9.17) is 23.8 Å². The standard InChI is InChI=1S/C43H25N3O2/c1-2-12-27(13-3-1)41-44-42(46-43(45-41)33-17-10-20-37-39(33)31-15-6-8-18-35(31)47-37)30-24-34(29-22-21-26-11-4-5-14-28(26)23-29)40-32-16-7-9-19-36(32)48-38(40)25-30/h1-25H. The molecule has 3 aromatic heterocycles. The van der Waals surface area contributed by atoms with Gasteiger partial charge in [0.15, 0.2) is 17.5 Å². The summed E-state index contributed by atoms with van der Waals surface area (Å²) in [6.07, 6.45) is 0. The van der Waals surface area contributed by atoms with Crippen LogP contribution < -0.4 is 0 Å². The molecule has 0 unspecified atom stereocenters. The molecule has 0 fully saturated rings. The van der Waals surface area contributed by atoms with Crippen LogP contribution in [0.25, 0.3) is 99.9 Å². The van der Waals surface area contributed by atoms with Crippen LogP contribution in [-0.2, 0) is 0 Å². The molecule has 0 aliphatic carbocycles. The summed E-state index contributed by atoms with van der Waals surface area (Å²) in [5.74, 6) is 1.73. The summed E-state index contributed by atoms with van der Waals surface area (Å²) < 4.78 is 12.7. The van der Waals surface area contributed by atoms with Gasteiger partial charge in [-0.2, -0.15) is 0 Å². The molecule has 3 heterocycles. The number of para-hydroxylation sites is 2. The van der Waals surface area contributed by atoms with Crippen LogP contribution in [0, 0.1) is 0 Å². The Morgan fingerprint density at radius 1 is 0.333 bits per heavy atom. The maximum atomic E-state index is 6.51. The quantitative estimate of drug-likeness (QED) is 0.197. The number of aromatic nitrogens is 3. The van der Waals surface area contributed by atoms with Crippen molar-refractivity contribution in [3.63, 3.8) is 0 Å². The van der Waals surface area contributed by atoms with Gasteiger partial charge in [0.2, 0.25) is 0 Å². The molecule has 0 N–H and O–H groups in total. The minimum absolute atomic E-state index is 0.563. The van der Waals surface area contributed by atoms with Crippen molar-refractivity contribution < 1.29 is 8.83 Å². The molecule has 0 saturated heterocycles. The van der Waals surface area contributed by atoms with Gasteiger partial charge in [-0.15, -0.1) is 0 Å². The summed E-state index contributed by atoms with van der Waals surface area (Å²) in [7, 11) is 0. The number of hydrogen-bond acceptors (Lipinski definition) is 5. The molecule has 0 radical (unpaired) electrons. The van der Waals surface area contributed by atoms with E-state index >= 15 is 0 Å². The van der Waals surface area contributed by atoms with Crippen LogP contribution in [0.3, 0.4) is 0 Å². The van der Waals surface area contributed by atoms with Gasteiger partial charge in [0.25, 0.3) is 0 Å². The van der Waals surface area contributed by atoms with Gasteiger partial charge in [0.1, 0.15) is 22.3 Å². The Labute approximate surface area is 274 Å². The number of rotatable bonds is 4. The Hall–Kier alpha value is -6.59. The molecule has 224 valence electrons. The average Bonchev–Trinajstić information content (AvgIpc) is 3.73. The van der Waals surface area contributed by atoms with E-state index in [1.54, 1.807) is 0 Å². The minimum atomic E-state index is 0.563. The minimum Gasteiger partial charge on any atom is -0.456 e. The third-order valence-corrected chi connectivity index (χ3v) is 9.11. The number of fused-ring (bicyclic) bond motifs is 7. The Bertz CT molecular complexity index is 2850. The zero-order valence-corrected chi connectivity index (χ0v) is 25.6. The highest BCUT2D eigenvalue weighted by Crippen LogP contribution is 2.41. The van der Waals surface area contributed by atoms with Gasteiger partial charge >= 0.3 is 0 Å². The van der Waals surface area contributed by atoms with Crippen LogP contribution in [-0.4, -0.2) is 15.0 Å².